The van der Waals surface area contributed by atoms with Gasteiger partial charge in [-0.15, -0.1) is 0 Å². The third-order valence-corrected chi connectivity index (χ3v) is 4.34. The number of hydrogen-bond donors (Lipinski definition) is 1. The van der Waals surface area contributed by atoms with Crippen LogP contribution in [0.15, 0.2) is 42.7 Å². The first kappa shape index (κ1) is 16.2. The molecule has 0 bridgehead atoms. The van der Waals surface area contributed by atoms with Gasteiger partial charge in [0.15, 0.2) is 0 Å². The minimum atomic E-state index is -0.183. The minimum absolute atomic E-state index is 0.0800. The zero-order chi connectivity index (χ0) is 17.1. The van der Waals surface area contributed by atoms with Crippen molar-refractivity contribution < 1.29 is 9.59 Å². The molecule has 0 spiro atoms. The highest BCUT2D eigenvalue weighted by atomic mass is 16.2. The van der Waals surface area contributed by atoms with Crippen LogP contribution < -0.4 is 5.32 Å². The molecule has 5 nitrogen and oxygen atoms in total. The maximum absolute atomic E-state index is 12.8. The molecule has 1 aliphatic heterocycles. The minimum Gasteiger partial charge on any atom is -0.350 e. The lowest BCUT2D eigenvalue weighted by atomic mass is 10.0. The molecule has 2 amide bonds. The second kappa shape index (κ2) is 6.83. The number of hydrogen-bond acceptors (Lipinski definition) is 3. The zero-order valence-electron chi connectivity index (χ0n) is 14.0. The molecule has 24 heavy (non-hydrogen) atoms. The van der Waals surface area contributed by atoms with Gasteiger partial charge in [0, 0.05) is 31.5 Å². The van der Waals surface area contributed by atoms with Crippen LogP contribution >= 0.6 is 0 Å². The summed E-state index contributed by atoms with van der Waals surface area (Å²) in [5, 5.41) is 2.94. The van der Waals surface area contributed by atoms with Gasteiger partial charge in [0.1, 0.15) is 0 Å². The van der Waals surface area contributed by atoms with E-state index < -0.39 is 0 Å². The van der Waals surface area contributed by atoms with E-state index in [1.807, 2.05) is 38.1 Å². The molecule has 2 heterocycles. The van der Waals surface area contributed by atoms with Gasteiger partial charge in [-0.3, -0.25) is 14.6 Å². The molecule has 1 aromatic heterocycles. The van der Waals surface area contributed by atoms with E-state index in [1.54, 1.807) is 23.4 Å². The molecular weight excluding hydrogens is 302 g/mol. The Kier molecular flexibility index (Phi) is 4.60. The van der Waals surface area contributed by atoms with E-state index in [0.29, 0.717) is 24.2 Å². The van der Waals surface area contributed by atoms with Crippen molar-refractivity contribution in [1.29, 1.82) is 0 Å². The van der Waals surface area contributed by atoms with E-state index in [-0.39, 0.29) is 17.9 Å². The van der Waals surface area contributed by atoms with Crippen LogP contribution in [0.1, 0.15) is 52.1 Å². The van der Waals surface area contributed by atoms with Crippen LogP contribution in [0.4, 0.5) is 0 Å². The predicted octanol–water partition coefficient (Wildman–Crippen LogP) is 2.77. The van der Waals surface area contributed by atoms with Gasteiger partial charge >= 0.3 is 0 Å². The Bertz CT molecular complexity index is 758. The molecule has 1 unspecified atom stereocenters. The van der Waals surface area contributed by atoms with Crippen LogP contribution in [0.3, 0.4) is 0 Å². The number of nitrogens with zero attached hydrogens (tertiary/aromatic N) is 2. The summed E-state index contributed by atoms with van der Waals surface area (Å²) in [6, 6.07) is 9.36. The Morgan fingerprint density at radius 3 is 2.88 bits per heavy atom. The lowest BCUT2D eigenvalue weighted by Crippen LogP contribution is -2.33. The molecule has 2 aromatic rings. The number of fused-ring (bicyclic) bond motifs is 1. The van der Waals surface area contributed by atoms with Crippen molar-refractivity contribution in [2.75, 3.05) is 0 Å². The molecule has 3 rings (SSSR count). The fourth-order valence-corrected chi connectivity index (χ4v) is 2.85. The summed E-state index contributed by atoms with van der Waals surface area (Å²) in [5.41, 5.74) is 2.87. The first-order valence-corrected chi connectivity index (χ1v) is 8.21. The zero-order valence-corrected chi connectivity index (χ0v) is 14.0. The molecule has 5 heteroatoms. The van der Waals surface area contributed by atoms with Gasteiger partial charge in [-0.05, 0) is 36.6 Å². The highest BCUT2D eigenvalue weighted by Gasteiger charge is 2.31. The second-order valence-electron chi connectivity index (χ2n) is 6.14. The van der Waals surface area contributed by atoms with Crippen LogP contribution in [0.25, 0.3) is 0 Å². The molecule has 1 atom stereocenters. The summed E-state index contributed by atoms with van der Waals surface area (Å²) < 4.78 is 0. The monoisotopic (exact) mass is 323 g/mol. The summed E-state index contributed by atoms with van der Waals surface area (Å²) in [4.78, 5) is 31.1. The van der Waals surface area contributed by atoms with E-state index in [4.69, 9.17) is 0 Å². The molecule has 0 fully saturated rings. The second-order valence-corrected chi connectivity index (χ2v) is 6.14. The first-order valence-electron chi connectivity index (χ1n) is 8.21. The topological polar surface area (TPSA) is 62.3 Å². The number of pyridine rings is 1. The SMILES string of the molecule is CCC(C)NC(=O)c1cccc2c1C(=O)N(Cc1cccnc1)C2. The van der Waals surface area contributed by atoms with Crippen LogP contribution in [-0.4, -0.2) is 27.7 Å². The quantitative estimate of drug-likeness (QED) is 0.920. The van der Waals surface area contributed by atoms with Crippen LogP contribution in [0.5, 0.6) is 0 Å². The molecular formula is C19H21N3O2. The van der Waals surface area contributed by atoms with Crippen molar-refractivity contribution in [2.45, 2.75) is 39.4 Å². The van der Waals surface area contributed by atoms with Crippen LogP contribution in [0, 0.1) is 0 Å². The van der Waals surface area contributed by atoms with Crippen molar-refractivity contribution in [3.05, 3.63) is 65.0 Å². The normalized spacial score (nSPS) is 14.4. The number of amides is 2. The van der Waals surface area contributed by atoms with Gasteiger partial charge in [-0.1, -0.05) is 25.1 Å². The van der Waals surface area contributed by atoms with Gasteiger partial charge in [-0.25, -0.2) is 0 Å². The summed E-state index contributed by atoms with van der Waals surface area (Å²) in [6.07, 6.45) is 4.32. The summed E-state index contributed by atoms with van der Waals surface area (Å²) in [5.74, 6) is -0.276. The van der Waals surface area contributed by atoms with Gasteiger partial charge in [-0.2, -0.15) is 0 Å². The molecule has 124 valence electrons. The Labute approximate surface area is 141 Å². The molecule has 0 saturated carbocycles. The maximum Gasteiger partial charge on any atom is 0.255 e. The number of nitrogens with one attached hydrogen (secondary N) is 1. The molecule has 1 aromatic carbocycles. The Hall–Kier alpha value is -2.69. The number of rotatable bonds is 5. The summed E-state index contributed by atoms with van der Waals surface area (Å²) in [7, 11) is 0. The maximum atomic E-state index is 12.8. The van der Waals surface area contributed by atoms with Crippen LogP contribution in [-0.2, 0) is 13.1 Å². The summed E-state index contributed by atoms with van der Waals surface area (Å²) >= 11 is 0. The lowest BCUT2D eigenvalue weighted by Gasteiger charge is -2.16. The molecule has 1 N–H and O–H groups in total. The number of carbonyl (C=O) groups is 2. The van der Waals surface area contributed by atoms with E-state index in [1.165, 1.54) is 0 Å². The number of aromatic nitrogens is 1. The highest BCUT2D eigenvalue weighted by Crippen LogP contribution is 2.27. The average molecular weight is 323 g/mol. The average Bonchev–Trinajstić information content (AvgIpc) is 2.91. The van der Waals surface area contributed by atoms with Crippen molar-refractivity contribution in [1.82, 2.24) is 15.2 Å². The Morgan fingerprint density at radius 1 is 1.33 bits per heavy atom. The molecule has 0 aliphatic carbocycles. The lowest BCUT2D eigenvalue weighted by molar-refractivity contribution is 0.0760. The predicted molar refractivity (Wildman–Crippen MR) is 91.5 cm³/mol. The van der Waals surface area contributed by atoms with Crippen LogP contribution in [0.2, 0.25) is 0 Å². The van der Waals surface area contributed by atoms with E-state index >= 15 is 0 Å². The van der Waals surface area contributed by atoms with Crippen molar-refractivity contribution in [2.24, 2.45) is 0 Å². The van der Waals surface area contributed by atoms with Crippen molar-refractivity contribution in [3.8, 4) is 0 Å². The summed E-state index contributed by atoms with van der Waals surface area (Å²) in [6.45, 7) is 4.99. The van der Waals surface area contributed by atoms with Gasteiger partial charge in [0.05, 0.1) is 11.1 Å². The Balaban J connectivity index is 1.84. The molecule has 0 saturated heterocycles. The molecule has 0 radical (unpaired) electrons. The first-order chi connectivity index (χ1) is 11.6. The fraction of sp³-hybridized carbons (Fsp3) is 0.316. The Morgan fingerprint density at radius 2 is 2.17 bits per heavy atom. The smallest absolute Gasteiger partial charge is 0.255 e. The largest absolute Gasteiger partial charge is 0.350 e. The van der Waals surface area contributed by atoms with E-state index in [2.05, 4.69) is 10.3 Å². The van der Waals surface area contributed by atoms with Gasteiger partial charge < -0.3 is 10.2 Å². The third-order valence-electron chi connectivity index (χ3n) is 4.34. The van der Waals surface area contributed by atoms with E-state index in [9.17, 15) is 9.59 Å². The fourth-order valence-electron chi connectivity index (χ4n) is 2.85. The molecule has 1 aliphatic rings. The van der Waals surface area contributed by atoms with Crippen molar-refractivity contribution >= 4 is 11.8 Å². The standard InChI is InChI=1S/C19H21N3O2/c1-3-13(2)21-18(23)16-8-4-7-15-12-22(19(24)17(15)16)11-14-6-5-9-20-10-14/h4-10,13H,3,11-12H2,1-2H3,(H,21,23). The van der Waals surface area contributed by atoms with Gasteiger partial charge in [0.25, 0.3) is 11.8 Å². The highest BCUT2D eigenvalue weighted by molar-refractivity contribution is 6.09. The van der Waals surface area contributed by atoms with E-state index in [0.717, 1.165) is 17.5 Å². The third kappa shape index (κ3) is 3.15. The number of carbonyl (C=O) groups excluding carboxylic acids is 2. The van der Waals surface area contributed by atoms with Crippen molar-refractivity contribution in [3.63, 3.8) is 0 Å². The number of benzene rings is 1. The van der Waals surface area contributed by atoms with Gasteiger partial charge in [0.2, 0.25) is 0 Å².